The molecule has 0 radical (unpaired) electrons. The fraction of sp³-hybridized carbons (Fsp3) is 0.0714. The number of amides is 1. The molecular formula is C14H13ClN2O2. The number of carbonyl (C=O) groups excluding carboxylic acids is 1. The second kappa shape index (κ2) is 5.20. The number of hydrogen-bond acceptors (Lipinski definition) is 3. The molecule has 2 rings (SSSR count). The van der Waals surface area contributed by atoms with Gasteiger partial charge in [-0.2, -0.15) is 0 Å². The van der Waals surface area contributed by atoms with Crippen molar-refractivity contribution in [1.29, 1.82) is 0 Å². The van der Waals surface area contributed by atoms with Gasteiger partial charge in [-0.05, 0) is 37.3 Å². The van der Waals surface area contributed by atoms with Crippen molar-refractivity contribution in [2.45, 2.75) is 6.92 Å². The fourth-order valence-corrected chi connectivity index (χ4v) is 1.83. The number of benzene rings is 2. The van der Waals surface area contributed by atoms with Gasteiger partial charge in [-0.25, -0.2) is 0 Å². The quantitative estimate of drug-likeness (QED) is 0.737. The monoisotopic (exact) mass is 276 g/mol. The molecular weight excluding hydrogens is 264 g/mol. The number of rotatable bonds is 2. The second-order valence-corrected chi connectivity index (χ2v) is 4.64. The van der Waals surface area contributed by atoms with E-state index in [1.807, 2.05) is 6.92 Å². The molecule has 4 nitrogen and oxygen atoms in total. The zero-order chi connectivity index (χ0) is 14.0. The first-order valence-corrected chi connectivity index (χ1v) is 6.01. The minimum atomic E-state index is -0.435. The van der Waals surface area contributed by atoms with E-state index >= 15 is 0 Å². The van der Waals surface area contributed by atoms with E-state index < -0.39 is 5.91 Å². The Kier molecular flexibility index (Phi) is 3.62. The minimum Gasteiger partial charge on any atom is -0.507 e. The van der Waals surface area contributed by atoms with Gasteiger partial charge in [-0.15, -0.1) is 0 Å². The molecule has 5 heteroatoms. The van der Waals surface area contributed by atoms with Gasteiger partial charge in [0.2, 0.25) is 0 Å². The second-order valence-electron chi connectivity index (χ2n) is 4.21. The van der Waals surface area contributed by atoms with E-state index in [-0.39, 0.29) is 11.3 Å². The molecule has 4 N–H and O–H groups in total. The van der Waals surface area contributed by atoms with Crippen LogP contribution in [0.1, 0.15) is 15.9 Å². The van der Waals surface area contributed by atoms with Crippen LogP contribution in [0.3, 0.4) is 0 Å². The summed E-state index contributed by atoms with van der Waals surface area (Å²) in [7, 11) is 0. The van der Waals surface area contributed by atoms with Crippen molar-refractivity contribution in [1.82, 2.24) is 0 Å². The summed E-state index contributed by atoms with van der Waals surface area (Å²) in [4.78, 5) is 12.1. The van der Waals surface area contributed by atoms with Crippen LogP contribution in [-0.2, 0) is 0 Å². The van der Waals surface area contributed by atoms with Crippen LogP contribution in [0.25, 0.3) is 0 Å². The van der Waals surface area contributed by atoms with Crippen molar-refractivity contribution < 1.29 is 9.90 Å². The van der Waals surface area contributed by atoms with Crippen LogP contribution in [0.5, 0.6) is 5.75 Å². The Hall–Kier alpha value is -2.20. The number of nitrogens with two attached hydrogens (primary N) is 1. The third-order valence-corrected chi connectivity index (χ3v) is 2.90. The number of aromatic hydroxyl groups is 1. The summed E-state index contributed by atoms with van der Waals surface area (Å²) in [5.74, 6) is -0.515. The molecule has 0 aliphatic carbocycles. The van der Waals surface area contributed by atoms with Crippen molar-refractivity contribution in [2.75, 3.05) is 11.1 Å². The van der Waals surface area contributed by atoms with E-state index in [4.69, 9.17) is 17.3 Å². The van der Waals surface area contributed by atoms with Gasteiger partial charge < -0.3 is 16.2 Å². The summed E-state index contributed by atoms with van der Waals surface area (Å²) in [6.45, 7) is 1.84. The number of phenolic OH excluding ortho intramolecular Hbond substituents is 1. The zero-order valence-electron chi connectivity index (χ0n) is 10.3. The van der Waals surface area contributed by atoms with Crippen molar-refractivity contribution in [2.24, 2.45) is 0 Å². The van der Waals surface area contributed by atoms with E-state index in [0.717, 1.165) is 5.56 Å². The highest BCUT2D eigenvalue weighted by atomic mass is 35.5. The topological polar surface area (TPSA) is 75.3 Å². The number of anilines is 2. The van der Waals surface area contributed by atoms with Crippen molar-refractivity contribution in [3.05, 3.63) is 52.5 Å². The van der Waals surface area contributed by atoms with Crippen LogP contribution in [0, 0.1) is 6.92 Å². The highest BCUT2D eigenvalue weighted by molar-refractivity contribution is 6.31. The predicted octanol–water partition coefficient (Wildman–Crippen LogP) is 3.19. The highest BCUT2D eigenvalue weighted by Crippen LogP contribution is 2.25. The van der Waals surface area contributed by atoms with Gasteiger partial charge in [-0.3, -0.25) is 4.79 Å². The maximum atomic E-state index is 12.1. The fourth-order valence-electron chi connectivity index (χ4n) is 1.66. The first kappa shape index (κ1) is 13.2. The van der Waals surface area contributed by atoms with E-state index in [2.05, 4.69) is 5.32 Å². The lowest BCUT2D eigenvalue weighted by Gasteiger charge is -2.10. The van der Waals surface area contributed by atoms with Crippen LogP contribution in [0.4, 0.5) is 11.4 Å². The summed E-state index contributed by atoms with van der Waals surface area (Å²) in [6.07, 6.45) is 0. The lowest BCUT2D eigenvalue weighted by atomic mass is 10.1. The molecule has 19 heavy (non-hydrogen) atoms. The normalized spacial score (nSPS) is 10.2. The first-order chi connectivity index (χ1) is 8.97. The summed E-state index contributed by atoms with van der Waals surface area (Å²) in [5.41, 5.74) is 7.64. The maximum Gasteiger partial charge on any atom is 0.259 e. The number of hydrogen-bond donors (Lipinski definition) is 3. The molecule has 0 bridgehead atoms. The van der Waals surface area contributed by atoms with E-state index in [0.29, 0.717) is 16.4 Å². The van der Waals surface area contributed by atoms with Crippen LogP contribution >= 0.6 is 11.6 Å². The maximum absolute atomic E-state index is 12.1. The van der Waals surface area contributed by atoms with Crippen molar-refractivity contribution in [3.63, 3.8) is 0 Å². The molecule has 0 aliphatic heterocycles. The third-order valence-electron chi connectivity index (χ3n) is 2.66. The lowest BCUT2D eigenvalue weighted by Crippen LogP contribution is -2.13. The molecule has 0 saturated carbocycles. The van der Waals surface area contributed by atoms with Gasteiger partial charge in [0, 0.05) is 5.02 Å². The van der Waals surface area contributed by atoms with Crippen molar-refractivity contribution >= 4 is 28.9 Å². The lowest BCUT2D eigenvalue weighted by molar-refractivity contribution is 0.102. The summed E-state index contributed by atoms with van der Waals surface area (Å²) in [5, 5.41) is 12.8. The average molecular weight is 277 g/mol. The molecule has 98 valence electrons. The van der Waals surface area contributed by atoms with Gasteiger partial charge in [-0.1, -0.05) is 23.2 Å². The van der Waals surface area contributed by atoms with E-state index in [1.165, 1.54) is 6.07 Å². The average Bonchev–Trinajstić information content (AvgIpc) is 2.36. The standard InChI is InChI=1S/C14H13ClN2O2/c1-8-2-5-13(18)10(6-8)14(19)17-12-7-9(15)3-4-11(12)16/h2-7,18H,16H2,1H3,(H,17,19). The Morgan fingerprint density at radius 3 is 2.74 bits per heavy atom. The zero-order valence-corrected chi connectivity index (χ0v) is 11.0. The largest absolute Gasteiger partial charge is 0.507 e. The van der Waals surface area contributed by atoms with Gasteiger partial charge >= 0.3 is 0 Å². The molecule has 0 aliphatic rings. The number of nitrogens with one attached hydrogen (secondary N) is 1. The molecule has 0 atom stereocenters. The Morgan fingerprint density at radius 2 is 2.00 bits per heavy atom. The third kappa shape index (κ3) is 2.98. The van der Waals surface area contributed by atoms with Crippen molar-refractivity contribution in [3.8, 4) is 5.75 Å². The molecule has 1 amide bonds. The molecule has 0 heterocycles. The summed E-state index contributed by atoms with van der Waals surface area (Å²) < 4.78 is 0. The Bertz CT molecular complexity index is 641. The Balaban J connectivity index is 2.30. The van der Waals surface area contributed by atoms with Gasteiger partial charge in [0.05, 0.1) is 16.9 Å². The summed E-state index contributed by atoms with van der Waals surface area (Å²) >= 11 is 5.85. The SMILES string of the molecule is Cc1ccc(O)c(C(=O)Nc2cc(Cl)ccc2N)c1. The number of nitrogen functional groups attached to an aromatic ring is 1. The molecule has 0 fully saturated rings. The highest BCUT2D eigenvalue weighted by Gasteiger charge is 2.13. The smallest absolute Gasteiger partial charge is 0.259 e. The predicted molar refractivity (Wildman–Crippen MR) is 76.7 cm³/mol. The Labute approximate surface area is 115 Å². The number of carbonyl (C=O) groups is 1. The molecule has 0 unspecified atom stereocenters. The minimum absolute atomic E-state index is 0.0799. The van der Waals surface area contributed by atoms with Crippen LogP contribution in [0.15, 0.2) is 36.4 Å². The molecule has 2 aromatic rings. The molecule has 0 spiro atoms. The molecule has 2 aromatic carbocycles. The first-order valence-electron chi connectivity index (χ1n) is 5.63. The molecule has 0 aromatic heterocycles. The van der Waals surface area contributed by atoms with Gasteiger partial charge in [0.1, 0.15) is 5.75 Å². The van der Waals surface area contributed by atoms with Crippen LogP contribution in [0.2, 0.25) is 5.02 Å². The van der Waals surface area contributed by atoms with Crippen LogP contribution in [-0.4, -0.2) is 11.0 Å². The summed E-state index contributed by atoms with van der Waals surface area (Å²) in [6, 6.07) is 9.60. The Morgan fingerprint density at radius 1 is 1.26 bits per heavy atom. The van der Waals surface area contributed by atoms with E-state index in [1.54, 1.807) is 30.3 Å². The molecule has 0 saturated heterocycles. The number of phenols is 1. The van der Waals surface area contributed by atoms with Gasteiger partial charge in [0.25, 0.3) is 5.91 Å². The number of halogens is 1. The van der Waals surface area contributed by atoms with Gasteiger partial charge in [0.15, 0.2) is 0 Å². The van der Waals surface area contributed by atoms with E-state index in [9.17, 15) is 9.90 Å². The number of aryl methyl sites for hydroxylation is 1. The van der Waals surface area contributed by atoms with Crippen LogP contribution < -0.4 is 11.1 Å².